The van der Waals surface area contributed by atoms with Gasteiger partial charge in [0.1, 0.15) is 0 Å². The number of amides is 2. The number of nitrogens with zero attached hydrogens (tertiary/aromatic N) is 1. The van der Waals surface area contributed by atoms with Crippen molar-refractivity contribution in [2.24, 2.45) is 0 Å². The largest absolute Gasteiger partial charge is 0.504 e. The van der Waals surface area contributed by atoms with E-state index < -0.39 is 0 Å². The summed E-state index contributed by atoms with van der Waals surface area (Å²) < 4.78 is 0. The zero-order valence-electron chi connectivity index (χ0n) is 11.0. The summed E-state index contributed by atoms with van der Waals surface area (Å²) in [4.78, 5) is 25.0. The molecule has 0 spiro atoms. The SMILES string of the molecule is CCCN(CC(=O)NC)C(=O)c1ccc(O)c(O)c1. The lowest BCUT2D eigenvalue weighted by molar-refractivity contribution is -0.121. The maximum absolute atomic E-state index is 12.2. The summed E-state index contributed by atoms with van der Waals surface area (Å²) in [6, 6.07) is 3.83. The molecule has 1 aromatic carbocycles. The van der Waals surface area contributed by atoms with E-state index >= 15 is 0 Å². The lowest BCUT2D eigenvalue weighted by Crippen LogP contribution is -2.40. The molecule has 2 amide bonds. The van der Waals surface area contributed by atoms with Gasteiger partial charge in [0, 0.05) is 19.2 Å². The summed E-state index contributed by atoms with van der Waals surface area (Å²) in [6.07, 6.45) is 0.715. The smallest absolute Gasteiger partial charge is 0.254 e. The Morgan fingerprint density at radius 1 is 1.26 bits per heavy atom. The predicted octanol–water partition coefficient (Wildman–Crippen LogP) is 0.696. The monoisotopic (exact) mass is 266 g/mol. The minimum atomic E-state index is -0.360. The fraction of sp³-hybridized carbons (Fsp3) is 0.385. The second-order valence-corrected chi connectivity index (χ2v) is 4.10. The van der Waals surface area contributed by atoms with Crippen LogP contribution in [0.3, 0.4) is 0 Å². The third-order valence-corrected chi connectivity index (χ3v) is 2.62. The second-order valence-electron chi connectivity index (χ2n) is 4.10. The molecule has 3 N–H and O–H groups in total. The van der Waals surface area contributed by atoms with Gasteiger partial charge < -0.3 is 20.4 Å². The number of benzene rings is 1. The number of hydrogen-bond acceptors (Lipinski definition) is 4. The first-order valence-corrected chi connectivity index (χ1v) is 6.01. The molecule has 0 aliphatic carbocycles. The van der Waals surface area contributed by atoms with Crippen molar-refractivity contribution in [3.8, 4) is 11.5 Å². The van der Waals surface area contributed by atoms with E-state index in [1.165, 1.54) is 30.1 Å². The van der Waals surface area contributed by atoms with Gasteiger partial charge in [-0.05, 0) is 24.6 Å². The lowest BCUT2D eigenvalue weighted by atomic mass is 10.1. The third kappa shape index (κ3) is 3.87. The summed E-state index contributed by atoms with van der Waals surface area (Å²) in [5.41, 5.74) is 0.229. The molecule has 0 fully saturated rings. The van der Waals surface area contributed by atoms with Crippen LogP contribution in [0.5, 0.6) is 11.5 Å². The van der Waals surface area contributed by atoms with Crippen molar-refractivity contribution in [2.45, 2.75) is 13.3 Å². The molecular weight excluding hydrogens is 248 g/mol. The molecule has 0 unspecified atom stereocenters. The second kappa shape index (κ2) is 6.63. The highest BCUT2D eigenvalue weighted by Gasteiger charge is 2.18. The minimum Gasteiger partial charge on any atom is -0.504 e. The van der Waals surface area contributed by atoms with Crippen LogP contribution in [0.1, 0.15) is 23.7 Å². The molecule has 0 saturated carbocycles. The Morgan fingerprint density at radius 3 is 2.47 bits per heavy atom. The molecule has 0 heterocycles. The van der Waals surface area contributed by atoms with Crippen molar-refractivity contribution in [1.29, 1.82) is 0 Å². The van der Waals surface area contributed by atoms with Gasteiger partial charge in [-0.1, -0.05) is 6.92 Å². The number of phenols is 2. The molecule has 0 atom stereocenters. The molecule has 0 radical (unpaired) electrons. The molecule has 104 valence electrons. The van der Waals surface area contributed by atoms with Crippen LogP contribution in [0.15, 0.2) is 18.2 Å². The number of aromatic hydroxyl groups is 2. The maximum Gasteiger partial charge on any atom is 0.254 e. The van der Waals surface area contributed by atoms with Gasteiger partial charge in [0.15, 0.2) is 11.5 Å². The van der Waals surface area contributed by atoms with Gasteiger partial charge in [0.2, 0.25) is 5.91 Å². The summed E-state index contributed by atoms with van der Waals surface area (Å²) in [6.45, 7) is 2.30. The van der Waals surface area contributed by atoms with E-state index in [0.29, 0.717) is 13.0 Å². The number of carbonyl (C=O) groups is 2. The number of likely N-dealkylation sites (N-methyl/N-ethyl adjacent to an activating group) is 1. The average Bonchev–Trinajstić information content (AvgIpc) is 2.40. The summed E-state index contributed by atoms with van der Waals surface area (Å²) >= 11 is 0. The fourth-order valence-corrected chi connectivity index (χ4v) is 1.61. The highest BCUT2D eigenvalue weighted by molar-refractivity contribution is 5.97. The van der Waals surface area contributed by atoms with Gasteiger partial charge in [-0.15, -0.1) is 0 Å². The first-order chi connectivity index (χ1) is 8.99. The molecule has 0 aliphatic heterocycles. The van der Waals surface area contributed by atoms with E-state index in [2.05, 4.69) is 5.32 Å². The van der Waals surface area contributed by atoms with Crippen molar-refractivity contribution in [1.82, 2.24) is 10.2 Å². The van der Waals surface area contributed by atoms with Crippen LogP contribution in [0, 0.1) is 0 Å². The molecule has 19 heavy (non-hydrogen) atoms. The topological polar surface area (TPSA) is 89.9 Å². The Morgan fingerprint density at radius 2 is 1.95 bits per heavy atom. The van der Waals surface area contributed by atoms with Gasteiger partial charge in [-0.2, -0.15) is 0 Å². The van der Waals surface area contributed by atoms with Crippen molar-refractivity contribution >= 4 is 11.8 Å². The Kier molecular flexibility index (Phi) is 5.17. The average molecular weight is 266 g/mol. The molecule has 0 saturated heterocycles. The number of hydrogen-bond donors (Lipinski definition) is 3. The Labute approximate surface area is 111 Å². The third-order valence-electron chi connectivity index (χ3n) is 2.62. The first-order valence-electron chi connectivity index (χ1n) is 6.01. The Hall–Kier alpha value is -2.24. The summed E-state index contributed by atoms with van der Waals surface area (Å²) in [5, 5.41) is 21.1. The van der Waals surface area contributed by atoms with E-state index in [4.69, 9.17) is 0 Å². The molecule has 1 rings (SSSR count). The van der Waals surface area contributed by atoms with Gasteiger partial charge >= 0.3 is 0 Å². The van der Waals surface area contributed by atoms with Crippen molar-refractivity contribution < 1.29 is 19.8 Å². The molecule has 1 aromatic rings. The molecule has 6 heteroatoms. The van der Waals surface area contributed by atoms with Crippen molar-refractivity contribution in [3.05, 3.63) is 23.8 Å². The maximum atomic E-state index is 12.2. The lowest BCUT2D eigenvalue weighted by Gasteiger charge is -2.21. The van der Waals surface area contributed by atoms with E-state index in [1.807, 2.05) is 6.92 Å². The number of nitrogens with one attached hydrogen (secondary N) is 1. The van der Waals surface area contributed by atoms with Gasteiger partial charge in [-0.3, -0.25) is 9.59 Å². The summed E-state index contributed by atoms with van der Waals surface area (Å²) in [5.74, 6) is -1.27. The standard InChI is InChI=1S/C13H18N2O4/c1-3-6-15(8-12(18)14-2)13(19)9-4-5-10(16)11(17)7-9/h4-5,7,16-17H,3,6,8H2,1-2H3,(H,14,18). The van der Waals surface area contributed by atoms with Gasteiger partial charge in [-0.25, -0.2) is 0 Å². The van der Waals surface area contributed by atoms with Gasteiger partial charge in [0.05, 0.1) is 6.54 Å². The van der Waals surface area contributed by atoms with Crippen LogP contribution in [0.25, 0.3) is 0 Å². The van der Waals surface area contributed by atoms with Crippen molar-refractivity contribution in [3.63, 3.8) is 0 Å². The number of carbonyl (C=O) groups excluding carboxylic acids is 2. The highest BCUT2D eigenvalue weighted by Crippen LogP contribution is 2.25. The molecule has 0 aromatic heterocycles. The molecule has 6 nitrogen and oxygen atoms in total. The van der Waals surface area contributed by atoms with E-state index in [9.17, 15) is 19.8 Å². The zero-order chi connectivity index (χ0) is 14.4. The van der Waals surface area contributed by atoms with E-state index in [1.54, 1.807) is 0 Å². The predicted molar refractivity (Wildman–Crippen MR) is 70.0 cm³/mol. The molecule has 0 aliphatic rings. The number of rotatable bonds is 5. The van der Waals surface area contributed by atoms with Gasteiger partial charge in [0.25, 0.3) is 5.91 Å². The normalized spacial score (nSPS) is 10.0. The van der Waals surface area contributed by atoms with Crippen LogP contribution in [0.4, 0.5) is 0 Å². The quantitative estimate of drug-likeness (QED) is 0.684. The van der Waals surface area contributed by atoms with E-state index in [0.717, 1.165) is 0 Å². The highest BCUT2D eigenvalue weighted by atomic mass is 16.3. The van der Waals surface area contributed by atoms with Crippen molar-refractivity contribution in [2.75, 3.05) is 20.1 Å². The van der Waals surface area contributed by atoms with Crippen LogP contribution in [-0.4, -0.2) is 47.1 Å². The van der Waals surface area contributed by atoms with Crippen LogP contribution in [-0.2, 0) is 4.79 Å². The zero-order valence-corrected chi connectivity index (χ0v) is 11.0. The Balaban J connectivity index is 2.91. The number of phenolic OH excluding ortho intramolecular Hbond substituents is 2. The first kappa shape index (κ1) is 14.8. The van der Waals surface area contributed by atoms with Crippen LogP contribution >= 0.6 is 0 Å². The Bertz CT molecular complexity index is 474. The fourth-order valence-electron chi connectivity index (χ4n) is 1.61. The van der Waals surface area contributed by atoms with Crippen LogP contribution in [0.2, 0.25) is 0 Å². The molecular formula is C13H18N2O4. The van der Waals surface area contributed by atoms with E-state index in [-0.39, 0.29) is 35.4 Å². The summed E-state index contributed by atoms with van der Waals surface area (Å²) in [7, 11) is 1.50. The van der Waals surface area contributed by atoms with Crippen LogP contribution < -0.4 is 5.32 Å². The minimum absolute atomic E-state index is 0.0369. The molecule has 0 bridgehead atoms.